The van der Waals surface area contributed by atoms with E-state index in [-0.39, 0.29) is 18.5 Å². The van der Waals surface area contributed by atoms with Crippen molar-refractivity contribution in [1.82, 2.24) is 20.1 Å². The van der Waals surface area contributed by atoms with E-state index >= 15 is 0 Å². The van der Waals surface area contributed by atoms with Crippen LogP contribution in [0.25, 0.3) is 20.8 Å². The van der Waals surface area contributed by atoms with Crippen molar-refractivity contribution in [2.45, 2.75) is 25.2 Å². The minimum atomic E-state index is -0.0836. The number of carbonyl (C=O) groups excluding carboxylic acids is 1. The van der Waals surface area contributed by atoms with E-state index < -0.39 is 0 Å². The van der Waals surface area contributed by atoms with Gasteiger partial charge < -0.3 is 19.4 Å². The number of hydrogen-bond acceptors (Lipinski definition) is 7. The number of benzene rings is 2. The van der Waals surface area contributed by atoms with E-state index in [4.69, 9.17) is 21.1 Å². The van der Waals surface area contributed by atoms with Gasteiger partial charge in [-0.2, -0.15) is 0 Å². The lowest BCUT2D eigenvalue weighted by Crippen LogP contribution is -2.24. The predicted octanol–water partition coefficient (Wildman–Crippen LogP) is 4.97. The van der Waals surface area contributed by atoms with Crippen molar-refractivity contribution in [2.24, 2.45) is 0 Å². The van der Waals surface area contributed by atoms with E-state index in [1.807, 2.05) is 54.0 Å². The zero-order chi connectivity index (χ0) is 22.1. The van der Waals surface area contributed by atoms with Crippen LogP contribution >= 0.6 is 34.7 Å². The third kappa shape index (κ3) is 4.03. The van der Waals surface area contributed by atoms with E-state index in [2.05, 4.69) is 15.5 Å². The smallest absolute Gasteiger partial charge is 0.231 e. The molecular weight excluding hydrogens is 468 g/mol. The van der Waals surface area contributed by atoms with Crippen molar-refractivity contribution < 1.29 is 14.3 Å². The molecule has 1 aliphatic heterocycles. The summed E-state index contributed by atoms with van der Waals surface area (Å²) in [4.78, 5) is 13.3. The van der Waals surface area contributed by atoms with Crippen LogP contribution in [0.4, 0.5) is 0 Å². The van der Waals surface area contributed by atoms with Gasteiger partial charge in [0, 0.05) is 23.2 Å². The lowest BCUT2D eigenvalue weighted by Gasteiger charge is -2.08. The average molecular weight is 487 g/mol. The van der Waals surface area contributed by atoms with E-state index in [0.29, 0.717) is 29.0 Å². The third-order valence-electron chi connectivity index (χ3n) is 5.03. The van der Waals surface area contributed by atoms with Gasteiger partial charge in [0.15, 0.2) is 22.5 Å². The van der Waals surface area contributed by atoms with E-state index in [9.17, 15) is 4.79 Å². The van der Waals surface area contributed by atoms with E-state index in [1.165, 1.54) is 11.8 Å². The van der Waals surface area contributed by atoms with Crippen LogP contribution in [0.1, 0.15) is 12.5 Å². The maximum absolute atomic E-state index is 12.4. The average Bonchev–Trinajstić information content (AvgIpc) is 3.52. The Labute approximate surface area is 197 Å². The van der Waals surface area contributed by atoms with Crippen molar-refractivity contribution in [2.75, 3.05) is 12.5 Å². The molecule has 0 unspecified atom stereocenters. The van der Waals surface area contributed by atoms with Crippen molar-refractivity contribution in [1.29, 1.82) is 0 Å². The number of carbonyl (C=O) groups is 1. The van der Waals surface area contributed by atoms with Crippen molar-refractivity contribution >= 4 is 50.7 Å². The number of aromatic nitrogens is 3. The molecule has 0 saturated heterocycles. The van der Waals surface area contributed by atoms with Gasteiger partial charge in [0.25, 0.3) is 0 Å². The Morgan fingerprint density at radius 1 is 1.22 bits per heavy atom. The first-order valence-electron chi connectivity index (χ1n) is 10.0. The molecular formula is C22H19ClN4O3S2. The number of hydrogen-bond donors (Lipinski definition) is 1. The number of ether oxygens (including phenoxy) is 2. The van der Waals surface area contributed by atoms with E-state index in [1.54, 1.807) is 11.3 Å². The molecule has 164 valence electrons. The number of thiophene rings is 1. The zero-order valence-corrected chi connectivity index (χ0v) is 19.5. The number of thioether (sulfide) groups is 1. The molecule has 7 nitrogen and oxygen atoms in total. The summed E-state index contributed by atoms with van der Waals surface area (Å²) >= 11 is 9.59. The first-order chi connectivity index (χ1) is 15.6. The second kappa shape index (κ2) is 9.01. The van der Waals surface area contributed by atoms with Gasteiger partial charge in [-0.1, -0.05) is 47.6 Å². The molecule has 1 amide bonds. The van der Waals surface area contributed by atoms with Crippen LogP contribution in [0.2, 0.25) is 5.02 Å². The van der Waals surface area contributed by atoms with Gasteiger partial charge in [0.1, 0.15) is 0 Å². The Morgan fingerprint density at radius 3 is 2.91 bits per heavy atom. The van der Waals surface area contributed by atoms with Crippen molar-refractivity contribution in [3.63, 3.8) is 0 Å². The summed E-state index contributed by atoms with van der Waals surface area (Å²) in [6.45, 7) is 3.35. The van der Waals surface area contributed by atoms with Gasteiger partial charge in [-0.05, 0) is 30.7 Å². The molecule has 0 bridgehead atoms. The molecule has 0 saturated carbocycles. The van der Waals surface area contributed by atoms with Crippen LogP contribution in [0.3, 0.4) is 0 Å². The second-order valence-electron chi connectivity index (χ2n) is 7.04. The summed E-state index contributed by atoms with van der Waals surface area (Å²) in [6.07, 6.45) is 0. The van der Waals surface area contributed by atoms with Crippen LogP contribution in [-0.4, -0.2) is 33.2 Å². The van der Waals surface area contributed by atoms with Gasteiger partial charge in [-0.3, -0.25) is 4.79 Å². The summed E-state index contributed by atoms with van der Waals surface area (Å²) in [5, 5.41) is 14.0. The molecule has 4 aromatic rings. The molecule has 0 spiro atoms. The normalized spacial score (nSPS) is 12.4. The fourth-order valence-corrected chi connectivity index (χ4v) is 5.78. The fraction of sp³-hybridized carbons (Fsp3) is 0.227. The topological polar surface area (TPSA) is 78.3 Å². The second-order valence-corrected chi connectivity index (χ2v) is 9.42. The quantitative estimate of drug-likeness (QED) is 0.371. The van der Waals surface area contributed by atoms with Crippen molar-refractivity contribution in [3.8, 4) is 22.2 Å². The molecule has 32 heavy (non-hydrogen) atoms. The summed E-state index contributed by atoms with van der Waals surface area (Å²) in [5.74, 6) is 2.31. The predicted molar refractivity (Wildman–Crippen MR) is 127 cm³/mol. The molecule has 0 aliphatic carbocycles. The Balaban J connectivity index is 1.25. The maximum atomic E-state index is 12.4. The summed E-state index contributed by atoms with van der Waals surface area (Å²) in [5.41, 5.74) is 0.950. The molecule has 1 N–H and O–H groups in total. The number of amides is 1. The van der Waals surface area contributed by atoms with Crippen LogP contribution < -0.4 is 14.8 Å². The summed E-state index contributed by atoms with van der Waals surface area (Å²) < 4.78 is 13.8. The third-order valence-corrected chi connectivity index (χ3v) is 7.67. The summed E-state index contributed by atoms with van der Waals surface area (Å²) in [7, 11) is 0. The maximum Gasteiger partial charge on any atom is 0.231 e. The number of rotatable bonds is 7. The number of nitrogens with one attached hydrogen (secondary N) is 1. The van der Waals surface area contributed by atoms with Crippen LogP contribution in [0.5, 0.6) is 11.5 Å². The highest BCUT2D eigenvalue weighted by atomic mass is 35.5. The Kier molecular flexibility index (Phi) is 5.95. The number of fused-ring (bicyclic) bond motifs is 2. The first-order valence-corrected chi connectivity index (χ1v) is 12.2. The largest absolute Gasteiger partial charge is 0.454 e. The summed E-state index contributed by atoms with van der Waals surface area (Å²) in [6, 6.07) is 13.7. The molecule has 0 atom stereocenters. The minimum absolute atomic E-state index is 0.0836. The van der Waals surface area contributed by atoms with Crippen LogP contribution in [0, 0.1) is 0 Å². The highest BCUT2D eigenvalue weighted by molar-refractivity contribution is 7.99. The molecule has 1 aliphatic rings. The molecule has 5 rings (SSSR count). The SMILES string of the molecule is CCn1c(SCC(=O)NCc2ccc3c(c2)OCO3)nnc1-c1sc2ccccc2c1Cl. The monoisotopic (exact) mass is 486 g/mol. The lowest BCUT2D eigenvalue weighted by atomic mass is 10.2. The van der Waals surface area contributed by atoms with Gasteiger partial charge in [-0.15, -0.1) is 21.5 Å². The lowest BCUT2D eigenvalue weighted by molar-refractivity contribution is -0.118. The van der Waals surface area contributed by atoms with Gasteiger partial charge in [0.2, 0.25) is 12.7 Å². The van der Waals surface area contributed by atoms with Crippen LogP contribution in [-0.2, 0) is 17.9 Å². The Hall–Kier alpha value is -2.75. The van der Waals surface area contributed by atoms with Crippen LogP contribution in [0.15, 0.2) is 47.6 Å². The van der Waals surface area contributed by atoms with Gasteiger partial charge >= 0.3 is 0 Å². The Bertz CT molecular complexity index is 1300. The first kappa shape index (κ1) is 21.1. The van der Waals surface area contributed by atoms with Gasteiger partial charge in [0.05, 0.1) is 15.7 Å². The fourth-order valence-electron chi connectivity index (χ4n) is 3.44. The minimum Gasteiger partial charge on any atom is -0.454 e. The highest BCUT2D eigenvalue weighted by Gasteiger charge is 2.20. The molecule has 2 aromatic carbocycles. The molecule has 3 heterocycles. The standard InChI is InChI=1S/C22H19ClN4O3S2/c1-2-27-21(20-19(23)14-5-3-4-6-17(14)32-20)25-26-22(27)31-11-18(28)24-10-13-7-8-15-16(9-13)30-12-29-15/h3-9H,2,10-12H2,1H3,(H,24,28). The van der Waals surface area contributed by atoms with Crippen molar-refractivity contribution in [3.05, 3.63) is 53.1 Å². The zero-order valence-electron chi connectivity index (χ0n) is 17.1. The highest BCUT2D eigenvalue weighted by Crippen LogP contribution is 2.41. The molecule has 10 heteroatoms. The van der Waals surface area contributed by atoms with Gasteiger partial charge in [-0.25, -0.2) is 0 Å². The molecule has 0 fully saturated rings. The van der Waals surface area contributed by atoms with E-state index in [0.717, 1.165) is 32.1 Å². The number of halogens is 1. The molecule has 0 radical (unpaired) electrons. The number of nitrogens with zero attached hydrogens (tertiary/aromatic N) is 3. The Morgan fingerprint density at radius 2 is 2.06 bits per heavy atom. The molecule has 2 aromatic heterocycles.